The smallest absolute Gasteiger partial charge is 0.315 e. The van der Waals surface area contributed by atoms with Crippen molar-refractivity contribution in [3.05, 3.63) is 0 Å². The van der Waals surface area contributed by atoms with Crippen LogP contribution >= 0.6 is 0 Å². The minimum atomic E-state index is -0.851. The number of carboxylic acids is 1. The van der Waals surface area contributed by atoms with Gasteiger partial charge in [-0.2, -0.15) is 0 Å². The lowest BCUT2D eigenvalue weighted by molar-refractivity contribution is -0.139. The molecule has 2 fully saturated rings. The molecule has 0 unspecified atom stereocenters. The second-order valence-corrected chi connectivity index (χ2v) is 6.28. The van der Waals surface area contributed by atoms with Crippen LogP contribution in [0.5, 0.6) is 0 Å². The Morgan fingerprint density at radius 3 is 2.33 bits per heavy atom. The van der Waals surface area contributed by atoms with Crippen LogP contribution in [0.2, 0.25) is 0 Å². The molecule has 0 aliphatic heterocycles. The summed E-state index contributed by atoms with van der Waals surface area (Å²) < 4.78 is 0. The topological polar surface area (TPSA) is 78.4 Å². The van der Waals surface area contributed by atoms with Crippen LogP contribution in [0.1, 0.15) is 52.4 Å². The van der Waals surface area contributed by atoms with Crippen LogP contribution in [0, 0.1) is 5.92 Å². The van der Waals surface area contributed by atoms with E-state index < -0.39 is 11.5 Å². The second-order valence-electron chi connectivity index (χ2n) is 6.28. The van der Waals surface area contributed by atoms with Gasteiger partial charge in [-0.15, -0.1) is 0 Å². The average molecular weight is 254 g/mol. The molecule has 0 aromatic carbocycles. The lowest BCUT2D eigenvalue weighted by Crippen LogP contribution is -2.60. The van der Waals surface area contributed by atoms with Gasteiger partial charge in [0.2, 0.25) is 0 Å². The number of rotatable bonds is 5. The van der Waals surface area contributed by atoms with Crippen molar-refractivity contribution in [1.29, 1.82) is 0 Å². The summed E-state index contributed by atoms with van der Waals surface area (Å²) in [4.78, 5) is 22.8. The fraction of sp³-hybridized carbons (Fsp3) is 0.846. The Bertz CT molecular complexity index is 357. The molecule has 0 aromatic rings. The first-order valence-electron chi connectivity index (χ1n) is 6.65. The van der Waals surface area contributed by atoms with Gasteiger partial charge in [-0.25, -0.2) is 4.79 Å². The number of urea groups is 1. The van der Waals surface area contributed by atoms with Crippen molar-refractivity contribution in [3.63, 3.8) is 0 Å². The molecule has 2 aliphatic rings. The van der Waals surface area contributed by atoms with E-state index >= 15 is 0 Å². The van der Waals surface area contributed by atoms with Gasteiger partial charge in [0, 0.05) is 5.54 Å². The summed E-state index contributed by atoms with van der Waals surface area (Å²) in [5, 5.41) is 14.7. The zero-order valence-electron chi connectivity index (χ0n) is 11.1. The number of carbonyl (C=O) groups excluding carboxylic acids is 1. The Morgan fingerprint density at radius 2 is 1.94 bits per heavy atom. The number of hydrogen-bond donors (Lipinski definition) is 3. The molecule has 2 saturated carbocycles. The van der Waals surface area contributed by atoms with Crippen molar-refractivity contribution in [2.75, 3.05) is 0 Å². The molecule has 2 aliphatic carbocycles. The summed E-state index contributed by atoms with van der Waals surface area (Å²) in [7, 11) is 0. The van der Waals surface area contributed by atoms with Gasteiger partial charge in [-0.3, -0.25) is 4.79 Å². The predicted molar refractivity (Wildman–Crippen MR) is 67.3 cm³/mol. The average Bonchev–Trinajstić information content (AvgIpc) is 2.94. The fourth-order valence-corrected chi connectivity index (χ4v) is 2.71. The summed E-state index contributed by atoms with van der Waals surface area (Å²) >= 11 is 0. The zero-order valence-corrected chi connectivity index (χ0v) is 11.1. The predicted octanol–water partition coefficient (Wildman–Crippen LogP) is 1.87. The highest BCUT2D eigenvalue weighted by Crippen LogP contribution is 2.39. The number of amides is 2. The second kappa shape index (κ2) is 4.44. The van der Waals surface area contributed by atoms with Crippen LogP contribution in [0.25, 0.3) is 0 Å². The van der Waals surface area contributed by atoms with Crippen molar-refractivity contribution in [2.45, 2.75) is 63.5 Å². The van der Waals surface area contributed by atoms with Gasteiger partial charge >= 0.3 is 12.0 Å². The molecule has 0 aromatic heterocycles. The molecule has 3 N–H and O–H groups in total. The van der Waals surface area contributed by atoms with E-state index in [4.69, 9.17) is 5.11 Å². The Morgan fingerprint density at radius 1 is 1.33 bits per heavy atom. The van der Waals surface area contributed by atoms with Crippen LogP contribution in [0.4, 0.5) is 4.79 Å². The number of carbonyl (C=O) groups is 2. The zero-order chi connectivity index (χ0) is 13.4. The molecular formula is C13H22N2O3. The van der Waals surface area contributed by atoms with Gasteiger partial charge in [-0.05, 0) is 51.9 Å². The maximum Gasteiger partial charge on any atom is 0.315 e. The van der Waals surface area contributed by atoms with E-state index in [-0.39, 0.29) is 18.0 Å². The van der Waals surface area contributed by atoms with Crippen molar-refractivity contribution in [3.8, 4) is 0 Å². The molecule has 0 bridgehead atoms. The molecule has 0 atom stereocenters. The third-order valence-corrected chi connectivity index (χ3v) is 4.21. The van der Waals surface area contributed by atoms with E-state index in [1.54, 1.807) is 0 Å². The quantitative estimate of drug-likeness (QED) is 0.701. The first kappa shape index (κ1) is 13.2. The third-order valence-electron chi connectivity index (χ3n) is 4.21. The summed E-state index contributed by atoms with van der Waals surface area (Å²) in [5.74, 6) is -0.295. The van der Waals surface area contributed by atoms with Crippen LogP contribution < -0.4 is 10.6 Å². The summed E-state index contributed by atoms with van der Waals surface area (Å²) in [6.45, 7) is 4.05. The molecule has 5 nitrogen and oxygen atoms in total. The van der Waals surface area contributed by atoms with Crippen molar-refractivity contribution < 1.29 is 14.7 Å². The van der Waals surface area contributed by atoms with Gasteiger partial charge in [0.1, 0.15) is 0 Å². The molecule has 2 amide bonds. The number of aliphatic carboxylic acids is 1. The van der Waals surface area contributed by atoms with Crippen LogP contribution in [0.3, 0.4) is 0 Å². The highest BCUT2D eigenvalue weighted by Gasteiger charge is 2.43. The maximum absolute atomic E-state index is 12.0. The number of hydrogen-bond acceptors (Lipinski definition) is 2. The van der Waals surface area contributed by atoms with Gasteiger partial charge in [0.25, 0.3) is 0 Å². The van der Waals surface area contributed by atoms with E-state index in [1.165, 1.54) is 0 Å². The molecule has 0 saturated heterocycles. The standard InChI is InChI=1S/C13H22N2O3/c1-12(2,9-4-5-9)14-11(18)15-13(6-3-7-13)8-10(16)17/h9H,3-8H2,1-2H3,(H,16,17)(H2,14,15,18). The highest BCUT2D eigenvalue weighted by molar-refractivity contribution is 5.77. The third kappa shape index (κ3) is 2.94. The minimum Gasteiger partial charge on any atom is -0.481 e. The summed E-state index contributed by atoms with van der Waals surface area (Å²) in [5.41, 5.74) is -0.714. The highest BCUT2D eigenvalue weighted by atomic mass is 16.4. The van der Waals surface area contributed by atoms with E-state index in [0.717, 1.165) is 32.1 Å². The van der Waals surface area contributed by atoms with Gasteiger partial charge in [-0.1, -0.05) is 0 Å². The van der Waals surface area contributed by atoms with E-state index in [2.05, 4.69) is 10.6 Å². The van der Waals surface area contributed by atoms with Gasteiger partial charge in [0.05, 0.1) is 12.0 Å². The molecule has 0 radical (unpaired) electrons. The molecule has 2 rings (SSSR count). The summed E-state index contributed by atoms with van der Waals surface area (Å²) in [6, 6.07) is -0.229. The fourth-order valence-electron chi connectivity index (χ4n) is 2.71. The monoisotopic (exact) mass is 254 g/mol. The first-order valence-corrected chi connectivity index (χ1v) is 6.65. The minimum absolute atomic E-state index is 0.0181. The number of nitrogens with one attached hydrogen (secondary N) is 2. The normalized spacial score (nSPS) is 21.9. The van der Waals surface area contributed by atoms with Crippen molar-refractivity contribution in [1.82, 2.24) is 10.6 Å². The molecule has 102 valence electrons. The molecular weight excluding hydrogens is 232 g/mol. The Balaban J connectivity index is 1.87. The summed E-state index contributed by atoms with van der Waals surface area (Å²) in [6.07, 6.45) is 4.85. The lowest BCUT2D eigenvalue weighted by Gasteiger charge is -2.42. The van der Waals surface area contributed by atoms with E-state index in [9.17, 15) is 9.59 Å². The van der Waals surface area contributed by atoms with Gasteiger partial charge in [0.15, 0.2) is 0 Å². The van der Waals surface area contributed by atoms with Gasteiger partial charge < -0.3 is 15.7 Å². The van der Waals surface area contributed by atoms with E-state index in [0.29, 0.717) is 5.92 Å². The van der Waals surface area contributed by atoms with E-state index in [1.807, 2.05) is 13.8 Å². The molecule has 18 heavy (non-hydrogen) atoms. The van der Waals surface area contributed by atoms with Crippen molar-refractivity contribution >= 4 is 12.0 Å². The van der Waals surface area contributed by atoms with Crippen LogP contribution in [-0.4, -0.2) is 28.2 Å². The SMILES string of the molecule is CC(C)(NC(=O)NC1(CC(=O)O)CCC1)C1CC1. The maximum atomic E-state index is 12.0. The molecule has 0 heterocycles. The van der Waals surface area contributed by atoms with Crippen LogP contribution in [-0.2, 0) is 4.79 Å². The Kier molecular flexibility index (Phi) is 3.25. The first-order chi connectivity index (χ1) is 8.33. The number of carboxylic acid groups (broad SMARTS) is 1. The molecule has 5 heteroatoms. The van der Waals surface area contributed by atoms with Crippen molar-refractivity contribution in [2.24, 2.45) is 5.92 Å². The van der Waals surface area contributed by atoms with Crippen LogP contribution in [0.15, 0.2) is 0 Å². The Hall–Kier alpha value is -1.26. The Labute approximate surface area is 107 Å². The largest absolute Gasteiger partial charge is 0.481 e. The molecule has 0 spiro atoms. The lowest BCUT2D eigenvalue weighted by atomic mass is 9.74.